The van der Waals surface area contributed by atoms with Crippen LogP contribution in [0.3, 0.4) is 0 Å². The molecule has 1 aromatic carbocycles. The average molecular weight is 222 g/mol. The van der Waals surface area contributed by atoms with Gasteiger partial charge in [0.15, 0.2) is 0 Å². The SMILES string of the molecule is C#CC(c1ccc(Cl)cc1)N(CC)CC. The fourth-order valence-corrected chi connectivity index (χ4v) is 1.77. The van der Waals surface area contributed by atoms with E-state index in [0.717, 1.165) is 23.7 Å². The van der Waals surface area contributed by atoms with Gasteiger partial charge in [-0.3, -0.25) is 4.90 Å². The third-order valence-electron chi connectivity index (χ3n) is 2.52. The van der Waals surface area contributed by atoms with Gasteiger partial charge in [-0.15, -0.1) is 6.42 Å². The van der Waals surface area contributed by atoms with Gasteiger partial charge in [-0.2, -0.15) is 0 Å². The van der Waals surface area contributed by atoms with E-state index in [2.05, 4.69) is 24.7 Å². The molecule has 0 aliphatic carbocycles. The Hall–Kier alpha value is -0.970. The van der Waals surface area contributed by atoms with Gasteiger partial charge in [0.05, 0.1) is 6.04 Å². The first-order valence-electron chi connectivity index (χ1n) is 5.18. The molecular weight excluding hydrogens is 206 g/mol. The van der Waals surface area contributed by atoms with Gasteiger partial charge in [-0.1, -0.05) is 43.5 Å². The predicted octanol–water partition coefficient (Wildman–Crippen LogP) is 3.36. The van der Waals surface area contributed by atoms with E-state index >= 15 is 0 Å². The molecule has 0 bridgehead atoms. The van der Waals surface area contributed by atoms with Crippen molar-refractivity contribution in [2.24, 2.45) is 0 Å². The molecule has 80 valence electrons. The molecule has 1 unspecified atom stereocenters. The molecule has 0 radical (unpaired) electrons. The summed E-state index contributed by atoms with van der Waals surface area (Å²) >= 11 is 5.84. The van der Waals surface area contributed by atoms with Crippen molar-refractivity contribution in [1.29, 1.82) is 0 Å². The summed E-state index contributed by atoms with van der Waals surface area (Å²) in [7, 11) is 0. The van der Waals surface area contributed by atoms with Crippen LogP contribution in [0.2, 0.25) is 5.02 Å². The monoisotopic (exact) mass is 221 g/mol. The number of hydrogen-bond donors (Lipinski definition) is 0. The molecule has 1 aromatic rings. The number of nitrogens with zero attached hydrogens (tertiary/aromatic N) is 1. The molecule has 0 saturated carbocycles. The second-order valence-electron chi connectivity index (χ2n) is 3.34. The molecule has 0 fully saturated rings. The van der Waals surface area contributed by atoms with Crippen molar-refractivity contribution in [3.05, 3.63) is 34.9 Å². The first-order valence-corrected chi connectivity index (χ1v) is 5.56. The molecule has 0 aromatic heterocycles. The maximum Gasteiger partial charge on any atom is 0.0968 e. The lowest BCUT2D eigenvalue weighted by Gasteiger charge is -2.25. The van der Waals surface area contributed by atoms with Crippen molar-refractivity contribution in [1.82, 2.24) is 4.90 Å². The highest BCUT2D eigenvalue weighted by molar-refractivity contribution is 6.30. The summed E-state index contributed by atoms with van der Waals surface area (Å²) < 4.78 is 0. The average Bonchev–Trinajstić information content (AvgIpc) is 2.27. The van der Waals surface area contributed by atoms with Crippen LogP contribution in [0, 0.1) is 12.3 Å². The lowest BCUT2D eigenvalue weighted by Crippen LogP contribution is -2.27. The summed E-state index contributed by atoms with van der Waals surface area (Å²) in [5.74, 6) is 2.82. The molecule has 2 heteroatoms. The standard InChI is InChI=1S/C13H16ClN/c1-4-13(15(5-2)6-3)11-7-9-12(14)10-8-11/h1,7-10,13H,5-6H2,2-3H3. The zero-order valence-corrected chi connectivity index (χ0v) is 9.96. The van der Waals surface area contributed by atoms with E-state index in [0.29, 0.717) is 0 Å². The molecule has 0 aliphatic heterocycles. The van der Waals surface area contributed by atoms with Crippen molar-refractivity contribution in [2.45, 2.75) is 19.9 Å². The van der Waals surface area contributed by atoms with Crippen molar-refractivity contribution >= 4 is 11.6 Å². The van der Waals surface area contributed by atoms with Crippen LogP contribution in [0.1, 0.15) is 25.5 Å². The Kier molecular flexibility index (Phi) is 4.68. The van der Waals surface area contributed by atoms with Gasteiger partial charge in [0.25, 0.3) is 0 Å². The third-order valence-corrected chi connectivity index (χ3v) is 2.77. The van der Waals surface area contributed by atoms with E-state index in [1.807, 2.05) is 24.3 Å². The van der Waals surface area contributed by atoms with E-state index in [1.54, 1.807) is 0 Å². The van der Waals surface area contributed by atoms with Crippen LogP contribution in [0.15, 0.2) is 24.3 Å². The Labute approximate surface area is 97.0 Å². The van der Waals surface area contributed by atoms with Crippen molar-refractivity contribution in [3.8, 4) is 12.3 Å². The minimum Gasteiger partial charge on any atom is -0.287 e. The van der Waals surface area contributed by atoms with Gasteiger partial charge < -0.3 is 0 Å². The highest BCUT2D eigenvalue weighted by Crippen LogP contribution is 2.21. The molecule has 15 heavy (non-hydrogen) atoms. The Morgan fingerprint density at radius 2 is 1.80 bits per heavy atom. The van der Waals surface area contributed by atoms with E-state index in [1.165, 1.54) is 0 Å². The third kappa shape index (κ3) is 2.99. The topological polar surface area (TPSA) is 3.24 Å². The van der Waals surface area contributed by atoms with Crippen LogP contribution < -0.4 is 0 Å². The van der Waals surface area contributed by atoms with E-state index in [9.17, 15) is 0 Å². The molecular formula is C13H16ClN. The van der Waals surface area contributed by atoms with E-state index < -0.39 is 0 Å². The van der Waals surface area contributed by atoms with Crippen molar-refractivity contribution in [3.63, 3.8) is 0 Å². The fourth-order valence-electron chi connectivity index (χ4n) is 1.65. The van der Waals surface area contributed by atoms with Gasteiger partial charge >= 0.3 is 0 Å². The summed E-state index contributed by atoms with van der Waals surface area (Å²) in [4.78, 5) is 2.24. The van der Waals surface area contributed by atoms with Gasteiger partial charge in [-0.25, -0.2) is 0 Å². The first-order chi connectivity index (χ1) is 7.22. The Balaban J connectivity index is 2.92. The zero-order chi connectivity index (χ0) is 11.3. The molecule has 0 spiro atoms. The Morgan fingerprint density at radius 3 is 2.20 bits per heavy atom. The molecule has 0 N–H and O–H groups in total. The van der Waals surface area contributed by atoms with E-state index in [4.69, 9.17) is 18.0 Å². The highest BCUT2D eigenvalue weighted by Gasteiger charge is 2.14. The minimum atomic E-state index is 0.0530. The molecule has 0 heterocycles. The number of hydrogen-bond acceptors (Lipinski definition) is 1. The minimum absolute atomic E-state index is 0.0530. The van der Waals surface area contributed by atoms with Gasteiger partial charge in [0.1, 0.15) is 0 Å². The lowest BCUT2D eigenvalue weighted by molar-refractivity contribution is 0.264. The highest BCUT2D eigenvalue weighted by atomic mass is 35.5. The van der Waals surface area contributed by atoms with Gasteiger partial charge in [0, 0.05) is 5.02 Å². The Morgan fingerprint density at radius 1 is 1.27 bits per heavy atom. The Bertz CT molecular complexity index is 333. The van der Waals surface area contributed by atoms with E-state index in [-0.39, 0.29) is 6.04 Å². The number of rotatable bonds is 4. The van der Waals surface area contributed by atoms with Crippen LogP contribution in [-0.4, -0.2) is 18.0 Å². The summed E-state index contributed by atoms with van der Waals surface area (Å²) in [5.41, 5.74) is 1.13. The molecule has 1 atom stereocenters. The van der Waals surface area contributed by atoms with Crippen LogP contribution in [0.4, 0.5) is 0 Å². The number of terminal acetylenes is 1. The normalized spacial score (nSPS) is 12.5. The molecule has 0 aliphatic rings. The quantitative estimate of drug-likeness (QED) is 0.705. The molecule has 1 nitrogen and oxygen atoms in total. The summed E-state index contributed by atoms with van der Waals surface area (Å²) in [6, 6.07) is 7.79. The largest absolute Gasteiger partial charge is 0.287 e. The van der Waals surface area contributed by atoms with Crippen molar-refractivity contribution in [2.75, 3.05) is 13.1 Å². The van der Waals surface area contributed by atoms with Crippen LogP contribution in [0.5, 0.6) is 0 Å². The van der Waals surface area contributed by atoms with Gasteiger partial charge in [0.2, 0.25) is 0 Å². The lowest BCUT2D eigenvalue weighted by atomic mass is 10.1. The van der Waals surface area contributed by atoms with Crippen molar-refractivity contribution < 1.29 is 0 Å². The van der Waals surface area contributed by atoms with Crippen LogP contribution in [-0.2, 0) is 0 Å². The summed E-state index contributed by atoms with van der Waals surface area (Å²) in [5, 5.41) is 0.745. The molecule has 0 amide bonds. The zero-order valence-electron chi connectivity index (χ0n) is 9.20. The first kappa shape index (κ1) is 12.1. The number of benzene rings is 1. The molecule has 1 rings (SSSR count). The van der Waals surface area contributed by atoms with Crippen LogP contribution >= 0.6 is 11.6 Å². The maximum atomic E-state index is 5.84. The fraction of sp³-hybridized carbons (Fsp3) is 0.385. The second-order valence-corrected chi connectivity index (χ2v) is 3.78. The summed E-state index contributed by atoms with van der Waals surface area (Å²) in [6.07, 6.45) is 5.57. The smallest absolute Gasteiger partial charge is 0.0968 e. The second kappa shape index (κ2) is 5.80. The van der Waals surface area contributed by atoms with Crippen LogP contribution in [0.25, 0.3) is 0 Å². The number of halogens is 1. The molecule has 0 saturated heterocycles. The maximum absolute atomic E-state index is 5.84. The van der Waals surface area contributed by atoms with Gasteiger partial charge in [-0.05, 0) is 30.8 Å². The summed E-state index contributed by atoms with van der Waals surface area (Å²) in [6.45, 7) is 6.13. The predicted molar refractivity (Wildman–Crippen MR) is 65.9 cm³/mol.